The van der Waals surface area contributed by atoms with Crippen LogP contribution in [-0.2, 0) is 9.53 Å². The minimum Gasteiger partial charge on any atom is -0.452 e. The standard InChI is InChI=1S/C24H25NO3/c1-16-8-2-7-13-21(16)25-22(26)15-28-24(27)23-19-11-5-3-9-17(19)14-18-10-4-6-12-20(18)23/h3-6,9-12,14,16,21H,2,7-8,13,15H2,1H3,(H,25,26)/t16-,21-/m1/s1. The van der Waals surface area contributed by atoms with Gasteiger partial charge in [0, 0.05) is 6.04 Å². The number of fused-ring (bicyclic) bond motifs is 2. The van der Waals surface area contributed by atoms with Gasteiger partial charge in [0.25, 0.3) is 5.91 Å². The van der Waals surface area contributed by atoms with Crippen molar-refractivity contribution in [2.45, 2.75) is 38.6 Å². The quantitative estimate of drug-likeness (QED) is 0.524. The summed E-state index contributed by atoms with van der Waals surface area (Å²) < 4.78 is 5.43. The smallest absolute Gasteiger partial charge is 0.339 e. The maximum atomic E-state index is 12.9. The van der Waals surface area contributed by atoms with Gasteiger partial charge in [-0.15, -0.1) is 0 Å². The number of hydrogen-bond donors (Lipinski definition) is 1. The zero-order valence-corrected chi connectivity index (χ0v) is 16.1. The van der Waals surface area contributed by atoms with E-state index in [4.69, 9.17) is 4.74 Å². The van der Waals surface area contributed by atoms with E-state index in [-0.39, 0.29) is 18.6 Å². The van der Waals surface area contributed by atoms with E-state index < -0.39 is 5.97 Å². The van der Waals surface area contributed by atoms with Crippen LogP contribution >= 0.6 is 0 Å². The van der Waals surface area contributed by atoms with Crippen LogP contribution in [0.4, 0.5) is 0 Å². The average molecular weight is 375 g/mol. The summed E-state index contributed by atoms with van der Waals surface area (Å²) in [6.07, 6.45) is 4.48. The van der Waals surface area contributed by atoms with Crippen LogP contribution in [0.15, 0.2) is 54.6 Å². The van der Waals surface area contributed by atoms with Crippen LogP contribution < -0.4 is 5.32 Å². The molecule has 1 aliphatic carbocycles. The highest BCUT2D eigenvalue weighted by molar-refractivity contribution is 6.16. The SMILES string of the molecule is C[C@@H]1CCCC[C@H]1NC(=O)COC(=O)c1c2ccccc2cc2ccccc12. The number of benzene rings is 3. The number of nitrogens with one attached hydrogen (secondary N) is 1. The summed E-state index contributed by atoms with van der Waals surface area (Å²) in [5.74, 6) is -0.216. The van der Waals surface area contributed by atoms with Gasteiger partial charge in [-0.25, -0.2) is 4.79 Å². The van der Waals surface area contributed by atoms with E-state index in [0.29, 0.717) is 11.5 Å². The Balaban J connectivity index is 1.54. The molecule has 2 atom stereocenters. The van der Waals surface area contributed by atoms with E-state index in [2.05, 4.69) is 18.3 Å². The van der Waals surface area contributed by atoms with Gasteiger partial charge in [-0.1, -0.05) is 68.3 Å². The van der Waals surface area contributed by atoms with Crippen LogP contribution in [0.1, 0.15) is 43.0 Å². The minimum atomic E-state index is -0.458. The van der Waals surface area contributed by atoms with Crippen LogP contribution in [0.2, 0.25) is 0 Å². The van der Waals surface area contributed by atoms with Crippen molar-refractivity contribution in [2.24, 2.45) is 5.92 Å². The van der Waals surface area contributed by atoms with E-state index in [9.17, 15) is 9.59 Å². The molecule has 0 unspecified atom stereocenters. The lowest BCUT2D eigenvalue weighted by molar-refractivity contribution is -0.125. The number of esters is 1. The Morgan fingerprint density at radius 3 is 2.21 bits per heavy atom. The Bertz CT molecular complexity index is 973. The number of ether oxygens (including phenoxy) is 1. The molecule has 0 bridgehead atoms. The lowest BCUT2D eigenvalue weighted by atomic mass is 9.86. The van der Waals surface area contributed by atoms with Gasteiger partial charge in [-0.3, -0.25) is 4.79 Å². The summed E-state index contributed by atoms with van der Waals surface area (Å²) >= 11 is 0. The van der Waals surface area contributed by atoms with E-state index in [1.54, 1.807) is 0 Å². The van der Waals surface area contributed by atoms with E-state index in [1.807, 2.05) is 48.5 Å². The highest BCUT2D eigenvalue weighted by Crippen LogP contribution is 2.29. The molecule has 1 fully saturated rings. The topological polar surface area (TPSA) is 55.4 Å². The summed E-state index contributed by atoms with van der Waals surface area (Å²) in [5.41, 5.74) is 0.521. The fraction of sp³-hybridized carbons (Fsp3) is 0.333. The first-order chi connectivity index (χ1) is 13.6. The van der Waals surface area contributed by atoms with E-state index >= 15 is 0 Å². The van der Waals surface area contributed by atoms with Crippen LogP contribution in [0.25, 0.3) is 21.5 Å². The molecule has 4 nitrogen and oxygen atoms in total. The van der Waals surface area contributed by atoms with Crippen molar-refractivity contribution in [1.29, 1.82) is 0 Å². The van der Waals surface area contributed by atoms with Crippen molar-refractivity contribution in [3.05, 3.63) is 60.2 Å². The largest absolute Gasteiger partial charge is 0.452 e. The molecule has 0 spiro atoms. The fourth-order valence-electron chi connectivity index (χ4n) is 4.22. The number of amides is 1. The third kappa shape index (κ3) is 3.72. The van der Waals surface area contributed by atoms with Gasteiger partial charge < -0.3 is 10.1 Å². The van der Waals surface area contributed by atoms with Crippen LogP contribution in [0, 0.1) is 5.92 Å². The van der Waals surface area contributed by atoms with E-state index in [0.717, 1.165) is 40.8 Å². The monoisotopic (exact) mass is 375 g/mol. The maximum absolute atomic E-state index is 12.9. The second-order valence-corrected chi connectivity index (χ2v) is 7.71. The predicted molar refractivity (Wildman–Crippen MR) is 111 cm³/mol. The van der Waals surface area contributed by atoms with Crippen LogP contribution in [0.3, 0.4) is 0 Å². The van der Waals surface area contributed by atoms with Crippen molar-refractivity contribution in [3.63, 3.8) is 0 Å². The Hall–Kier alpha value is -2.88. The van der Waals surface area contributed by atoms with Crippen molar-refractivity contribution in [1.82, 2.24) is 5.32 Å². The second-order valence-electron chi connectivity index (χ2n) is 7.71. The molecule has 0 aliphatic heterocycles. The highest BCUT2D eigenvalue weighted by atomic mass is 16.5. The normalized spacial score (nSPS) is 19.5. The van der Waals surface area contributed by atoms with Gasteiger partial charge in [0.05, 0.1) is 5.56 Å². The van der Waals surface area contributed by atoms with Gasteiger partial charge in [0.15, 0.2) is 6.61 Å². The van der Waals surface area contributed by atoms with Gasteiger partial charge >= 0.3 is 5.97 Å². The lowest BCUT2D eigenvalue weighted by Crippen LogP contribution is -2.42. The summed E-state index contributed by atoms with van der Waals surface area (Å²) in [6.45, 7) is 1.91. The van der Waals surface area contributed by atoms with Crippen LogP contribution in [-0.4, -0.2) is 24.5 Å². The zero-order valence-electron chi connectivity index (χ0n) is 16.1. The maximum Gasteiger partial charge on any atom is 0.339 e. The fourth-order valence-corrected chi connectivity index (χ4v) is 4.22. The molecule has 3 aromatic carbocycles. The Labute approximate surface area is 164 Å². The number of carbonyl (C=O) groups is 2. The average Bonchev–Trinajstić information content (AvgIpc) is 2.72. The predicted octanol–water partition coefficient (Wildman–Crippen LogP) is 4.84. The van der Waals surface area contributed by atoms with Gasteiger partial charge in [-0.05, 0) is 46.4 Å². The molecular weight excluding hydrogens is 350 g/mol. The first-order valence-corrected chi connectivity index (χ1v) is 10.0. The number of hydrogen-bond acceptors (Lipinski definition) is 3. The summed E-state index contributed by atoms with van der Waals surface area (Å²) in [7, 11) is 0. The van der Waals surface area contributed by atoms with Gasteiger partial charge in [-0.2, -0.15) is 0 Å². The number of rotatable bonds is 4. The first kappa shape index (κ1) is 18.5. The molecule has 0 saturated heterocycles. The molecule has 1 aliphatic rings. The third-order valence-electron chi connectivity index (χ3n) is 5.77. The summed E-state index contributed by atoms with van der Waals surface area (Å²) in [6, 6.07) is 17.8. The molecule has 4 rings (SSSR count). The summed E-state index contributed by atoms with van der Waals surface area (Å²) in [5, 5.41) is 6.67. The van der Waals surface area contributed by atoms with Crippen LogP contribution in [0.5, 0.6) is 0 Å². The van der Waals surface area contributed by atoms with Gasteiger partial charge in [0.2, 0.25) is 0 Å². The lowest BCUT2D eigenvalue weighted by Gasteiger charge is -2.29. The minimum absolute atomic E-state index is 0.179. The molecular formula is C24H25NO3. The molecule has 1 amide bonds. The first-order valence-electron chi connectivity index (χ1n) is 10.0. The number of carbonyl (C=O) groups excluding carboxylic acids is 2. The van der Waals surface area contributed by atoms with Crippen molar-refractivity contribution >= 4 is 33.4 Å². The van der Waals surface area contributed by atoms with Crippen molar-refractivity contribution in [3.8, 4) is 0 Å². The van der Waals surface area contributed by atoms with Gasteiger partial charge in [0.1, 0.15) is 0 Å². The van der Waals surface area contributed by atoms with Crippen molar-refractivity contribution < 1.29 is 14.3 Å². The molecule has 4 heteroatoms. The Morgan fingerprint density at radius 2 is 1.57 bits per heavy atom. The molecule has 144 valence electrons. The second kappa shape index (κ2) is 8.01. The Morgan fingerprint density at radius 1 is 0.964 bits per heavy atom. The molecule has 3 aromatic rings. The summed E-state index contributed by atoms with van der Waals surface area (Å²) in [4.78, 5) is 25.3. The molecule has 1 saturated carbocycles. The molecule has 0 heterocycles. The zero-order chi connectivity index (χ0) is 19.5. The molecule has 28 heavy (non-hydrogen) atoms. The Kier molecular flexibility index (Phi) is 5.29. The molecule has 0 aromatic heterocycles. The van der Waals surface area contributed by atoms with E-state index in [1.165, 1.54) is 6.42 Å². The molecule has 0 radical (unpaired) electrons. The van der Waals surface area contributed by atoms with Crippen molar-refractivity contribution in [2.75, 3.05) is 6.61 Å². The molecule has 1 N–H and O–H groups in total. The highest BCUT2D eigenvalue weighted by Gasteiger charge is 2.23. The third-order valence-corrected chi connectivity index (χ3v) is 5.77.